The summed E-state index contributed by atoms with van der Waals surface area (Å²) in [6, 6.07) is 11.1. The first kappa shape index (κ1) is 17.6. The van der Waals surface area contributed by atoms with Gasteiger partial charge >= 0.3 is 0 Å². The fourth-order valence-electron chi connectivity index (χ4n) is 2.31. The first-order valence-electron chi connectivity index (χ1n) is 7.69. The highest BCUT2D eigenvalue weighted by Gasteiger charge is 2.13. The van der Waals surface area contributed by atoms with Crippen LogP contribution in [0.15, 0.2) is 58.6 Å². The number of carbonyl (C=O) groups excluding carboxylic acids is 1. The highest BCUT2D eigenvalue weighted by atomic mass is 35.5. The van der Waals surface area contributed by atoms with Crippen molar-refractivity contribution in [3.8, 4) is 0 Å². The van der Waals surface area contributed by atoms with E-state index in [9.17, 15) is 4.79 Å². The van der Waals surface area contributed by atoms with Crippen LogP contribution in [0.5, 0.6) is 0 Å². The van der Waals surface area contributed by atoms with Crippen LogP contribution in [0.3, 0.4) is 0 Å². The Balaban J connectivity index is 1.53. The summed E-state index contributed by atoms with van der Waals surface area (Å²) >= 11 is 7.32. The van der Waals surface area contributed by atoms with E-state index in [-0.39, 0.29) is 17.7 Å². The summed E-state index contributed by atoms with van der Waals surface area (Å²) in [4.78, 5) is 12.2. The van der Waals surface area contributed by atoms with Crippen LogP contribution in [-0.4, -0.2) is 26.4 Å². The largest absolute Gasteiger partial charge is 0.467 e. The third-order valence-corrected chi connectivity index (χ3v) is 4.76. The van der Waals surface area contributed by atoms with E-state index in [1.165, 1.54) is 11.8 Å². The van der Waals surface area contributed by atoms with E-state index in [0.717, 1.165) is 11.3 Å². The molecular formula is C17H17ClN4O2S. The van der Waals surface area contributed by atoms with Crippen molar-refractivity contribution in [3.05, 3.63) is 65.3 Å². The van der Waals surface area contributed by atoms with Crippen LogP contribution in [0.25, 0.3) is 0 Å². The molecule has 0 radical (unpaired) electrons. The van der Waals surface area contributed by atoms with Gasteiger partial charge in [0.25, 0.3) is 0 Å². The number of hydrogen-bond acceptors (Lipinski definition) is 5. The van der Waals surface area contributed by atoms with E-state index >= 15 is 0 Å². The third-order valence-electron chi connectivity index (χ3n) is 3.54. The Bertz CT molecular complexity index is 835. The van der Waals surface area contributed by atoms with Crippen molar-refractivity contribution >= 4 is 29.3 Å². The van der Waals surface area contributed by atoms with Gasteiger partial charge in [0.05, 0.1) is 24.6 Å². The van der Waals surface area contributed by atoms with E-state index in [1.54, 1.807) is 18.7 Å². The molecule has 1 aromatic carbocycles. The Hall–Kier alpha value is -2.25. The second kappa shape index (κ2) is 8.22. The third kappa shape index (κ3) is 4.87. The number of thioether (sulfide) groups is 1. The lowest BCUT2D eigenvalue weighted by molar-refractivity contribution is -0.119. The summed E-state index contributed by atoms with van der Waals surface area (Å²) in [6.07, 6.45) is 3.24. The molecule has 1 amide bonds. The van der Waals surface area contributed by atoms with Crippen molar-refractivity contribution in [2.24, 2.45) is 0 Å². The molecule has 0 spiro atoms. The Morgan fingerprint density at radius 1 is 1.40 bits per heavy atom. The van der Waals surface area contributed by atoms with Gasteiger partial charge < -0.3 is 14.3 Å². The van der Waals surface area contributed by atoms with Gasteiger partial charge in [-0.1, -0.05) is 35.5 Å². The van der Waals surface area contributed by atoms with Gasteiger partial charge in [0.2, 0.25) is 5.91 Å². The maximum atomic E-state index is 12.2. The molecule has 0 bridgehead atoms. The van der Waals surface area contributed by atoms with E-state index in [4.69, 9.17) is 16.0 Å². The summed E-state index contributed by atoms with van der Waals surface area (Å²) in [5, 5.41) is 12.2. The average Bonchev–Trinajstić information content (AvgIpc) is 3.25. The van der Waals surface area contributed by atoms with E-state index in [1.807, 2.05) is 41.8 Å². The summed E-state index contributed by atoms with van der Waals surface area (Å²) in [6.45, 7) is 2.45. The predicted molar refractivity (Wildman–Crippen MR) is 96.6 cm³/mol. The van der Waals surface area contributed by atoms with Crippen LogP contribution in [0.4, 0.5) is 0 Å². The number of amides is 1. The van der Waals surface area contributed by atoms with Crippen LogP contribution in [0.2, 0.25) is 5.02 Å². The molecule has 0 aliphatic rings. The lowest BCUT2D eigenvalue weighted by Crippen LogP contribution is -2.28. The number of hydrogen-bond donors (Lipinski definition) is 1. The van der Waals surface area contributed by atoms with Gasteiger partial charge in [-0.05, 0) is 36.8 Å². The predicted octanol–water partition coefficient (Wildman–Crippen LogP) is 3.54. The molecule has 130 valence electrons. The number of benzene rings is 1. The molecule has 8 heteroatoms. The molecule has 25 heavy (non-hydrogen) atoms. The molecule has 1 atom stereocenters. The van der Waals surface area contributed by atoms with E-state index in [0.29, 0.717) is 16.7 Å². The molecular weight excluding hydrogens is 360 g/mol. The monoisotopic (exact) mass is 376 g/mol. The van der Waals surface area contributed by atoms with Crippen LogP contribution in [0, 0.1) is 0 Å². The van der Waals surface area contributed by atoms with Crippen molar-refractivity contribution in [3.63, 3.8) is 0 Å². The zero-order chi connectivity index (χ0) is 17.6. The maximum absolute atomic E-state index is 12.2. The lowest BCUT2D eigenvalue weighted by atomic mass is 10.1. The number of aromatic nitrogens is 3. The van der Waals surface area contributed by atoms with Crippen molar-refractivity contribution in [1.29, 1.82) is 0 Å². The fraction of sp³-hybridized carbons (Fsp3) is 0.235. The van der Waals surface area contributed by atoms with Crippen molar-refractivity contribution in [2.45, 2.75) is 24.7 Å². The van der Waals surface area contributed by atoms with Crippen molar-refractivity contribution in [1.82, 2.24) is 20.1 Å². The van der Waals surface area contributed by atoms with Crippen LogP contribution in [0.1, 0.15) is 24.3 Å². The number of carbonyl (C=O) groups is 1. The smallest absolute Gasteiger partial charge is 0.230 e. The Labute approximate surface area is 154 Å². The zero-order valence-electron chi connectivity index (χ0n) is 13.6. The van der Waals surface area contributed by atoms with Gasteiger partial charge in [0, 0.05) is 5.02 Å². The molecule has 3 aromatic rings. The maximum Gasteiger partial charge on any atom is 0.230 e. The summed E-state index contributed by atoms with van der Waals surface area (Å²) in [7, 11) is 0. The second-order valence-corrected chi connectivity index (χ2v) is 6.83. The minimum Gasteiger partial charge on any atom is -0.467 e. The Morgan fingerprint density at radius 3 is 3.04 bits per heavy atom. The normalized spacial score (nSPS) is 12.1. The quantitative estimate of drug-likeness (QED) is 0.638. The molecule has 6 nitrogen and oxygen atoms in total. The first-order valence-corrected chi connectivity index (χ1v) is 9.06. The van der Waals surface area contributed by atoms with Gasteiger partial charge in [-0.3, -0.25) is 4.79 Å². The highest BCUT2D eigenvalue weighted by Crippen LogP contribution is 2.19. The van der Waals surface area contributed by atoms with Crippen LogP contribution >= 0.6 is 23.4 Å². The first-order chi connectivity index (χ1) is 12.1. The average molecular weight is 377 g/mol. The van der Waals surface area contributed by atoms with Crippen LogP contribution in [-0.2, 0) is 11.3 Å². The summed E-state index contributed by atoms with van der Waals surface area (Å²) in [5.74, 6) is 0.979. The molecule has 0 aliphatic heterocycles. The summed E-state index contributed by atoms with van der Waals surface area (Å²) < 4.78 is 7.17. The standard InChI is InChI=1S/C17H17ClN4O2S/c1-12(13-4-2-5-14(18)8-13)20-16(23)10-25-17-21-19-11-22(17)9-15-6-3-7-24-15/h2-8,11-12H,9-10H2,1H3,(H,20,23). The lowest BCUT2D eigenvalue weighted by Gasteiger charge is -2.14. The molecule has 2 aromatic heterocycles. The molecule has 2 heterocycles. The molecule has 3 rings (SSSR count). The van der Waals surface area contributed by atoms with Crippen molar-refractivity contribution in [2.75, 3.05) is 5.75 Å². The minimum atomic E-state index is -0.118. The molecule has 1 N–H and O–H groups in total. The SMILES string of the molecule is CC(NC(=O)CSc1nncn1Cc1ccco1)c1cccc(Cl)c1. The van der Waals surface area contributed by atoms with E-state index < -0.39 is 0 Å². The number of rotatable bonds is 7. The van der Waals surface area contributed by atoms with Crippen molar-refractivity contribution < 1.29 is 9.21 Å². The Kier molecular flexibility index (Phi) is 5.78. The topological polar surface area (TPSA) is 73.0 Å². The van der Waals surface area contributed by atoms with Gasteiger partial charge in [-0.2, -0.15) is 0 Å². The molecule has 0 saturated heterocycles. The van der Waals surface area contributed by atoms with Gasteiger partial charge in [-0.25, -0.2) is 0 Å². The molecule has 0 fully saturated rings. The van der Waals surface area contributed by atoms with E-state index in [2.05, 4.69) is 15.5 Å². The fourth-order valence-corrected chi connectivity index (χ4v) is 3.23. The van der Waals surface area contributed by atoms with Gasteiger partial charge in [0.1, 0.15) is 12.1 Å². The van der Waals surface area contributed by atoms with Gasteiger partial charge in [-0.15, -0.1) is 10.2 Å². The highest BCUT2D eigenvalue weighted by molar-refractivity contribution is 7.99. The molecule has 1 unspecified atom stereocenters. The molecule has 0 saturated carbocycles. The Morgan fingerprint density at radius 2 is 2.28 bits per heavy atom. The zero-order valence-corrected chi connectivity index (χ0v) is 15.1. The van der Waals surface area contributed by atoms with Crippen LogP contribution < -0.4 is 5.32 Å². The number of nitrogens with one attached hydrogen (secondary N) is 1. The molecule has 0 aliphatic carbocycles. The number of halogens is 1. The number of nitrogens with zero attached hydrogens (tertiary/aromatic N) is 3. The van der Waals surface area contributed by atoms with Gasteiger partial charge in [0.15, 0.2) is 5.16 Å². The minimum absolute atomic E-state index is 0.0787. The second-order valence-electron chi connectivity index (χ2n) is 5.45. The summed E-state index contributed by atoms with van der Waals surface area (Å²) in [5.41, 5.74) is 0.965. The number of furan rings is 1.